The fraction of sp³-hybridized carbons (Fsp3) is 0.368. The van der Waals surface area contributed by atoms with Gasteiger partial charge in [-0.05, 0) is 62.1 Å². The normalized spacial score (nSPS) is 9.96. The summed E-state index contributed by atoms with van der Waals surface area (Å²) in [4.78, 5) is 69.5. The second kappa shape index (κ2) is 22.9. The van der Waals surface area contributed by atoms with Crippen molar-refractivity contribution in [2.45, 2.75) is 41.5 Å². The van der Waals surface area contributed by atoms with Crippen LogP contribution in [-0.2, 0) is 28.4 Å². The summed E-state index contributed by atoms with van der Waals surface area (Å²) in [5.74, 6) is -2.60. The van der Waals surface area contributed by atoms with Crippen molar-refractivity contribution < 1.29 is 57.2 Å². The SMILES string of the molecule is CC(C)COC(=O)c1ccccc1C(=O)OCC(C)C.CCOC(=O)c1ccccc1C(=O)OCC.COC(=O)c1ccccc1C(=O)OC. The zero-order valence-corrected chi connectivity index (χ0v) is 29.8. The Morgan fingerprint density at radius 1 is 0.420 bits per heavy atom. The number of rotatable bonds is 12. The van der Waals surface area contributed by atoms with Crippen molar-refractivity contribution in [2.24, 2.45) is 11.8 Å². The molecule has 0 unspecified atom stereocenters. The van der Waals surface area contributed by atoms with Gasteiger partial charge < -0.3 is 28.4 Å². The predicted octanol–water partition coefficient (Wildman–Crippen LogP) is 6.61. The molecule has 0 atom stereocenters. The summed E-state index contributed by atoms with van der Waals surface area (Å²) in [6, 6.07) is 19.3. The minimum Gasteiger partial charge on any atom is -0.465 e. The van der Waals surface area contributed by atoms with E-state index < -0.39 is 35.8 Å². The van der Waals surface area contributed by atoms with Crippen LogP contribution in [0.5, 0.6) is 0 Å². The molecular weight excluding hydrogens is 648 g/mol. The van der Waals surface area contributed by atoms with Crippen LogP contribution in [0.2, 0.25) is 0 Å². The van der Waals surface area contributed by atoms with E-state index in [2.05, 4.69) is 9.47 Å². The average Bonchev–Trinajstić information content (AvgIpc) is 3.12. The summed E-state index contributed by atoms with van der Waals surface area (Å²) in [6.07, 6.45) is 0. The van der Waals surface area contributed by atoms with Crippen LogP contribution < -0.4 is 0 Å². The number of esters is 6. The van der Waals surface area contributed by atoms with E-state index in [-0.39, 0.29) is 58.4 Å². The standard InChI is InChI=1S/C16H22O4.C12H14O4.C10H10O4/c1-11(2)9-19-15(17)13-7-5-6-8-14(13)16(18)20-10-12(3)4;1-3-15-11(13)9-7-5-6-8-10(9)12(14)16-4-2;1-13-9(11)7-5-3-4-6-8(7)10(12)14-2/h5-8,11-12H,9-10H2,1-4H3;5-8H,3-4H2,1-2H3;3-6H,1-2H3. The van der Waals surface area contributed by atoms with E-state index in [1.165, 1.54) is 26.4 Å². The Hall–Kier alpha value is -5.52. The lowest BCUT2D eigenvalue weighted by atomic mass is 10.1. The molecule has 3 aromatic rings. The molecule has 0 spiro atoms. The van der Waals surface area contributed by atoms with E-state index in [9.17, 15) is 28.8 Å². The molecule has 0 aliphatic heterocycles. The molecule has 0 saturated carbocycles. The highest BCUT2D eigenvalue weighted by Crippen LogP contribution is 2.14. The van der Waals surface area contributed by atoms with Crippen LogP contribution in [0.25, 0.3) is 0 Å². The van der Waals surface area contributed by atoms with Crippen LogP contribution in [0.4, 0.5) is 0 Å². The number of carbonyl (C=O) groups excluding carboxylic acids is 6. The molecule has 0 N–H and O–H groups in total. The first-order valence-corrected chi connectivity index (χ1v) is 15.9. The van der Waals surface area contributed by atoms with Crippen molar-refractivity contribution in [3.63, 3.8) is 0 Å². The van der Waals surface area contributed by atoms with Crippen LogP contribution in [0.15, 0.2) is 72.8 Å². The molecule has 0 aliphatic rings. The van der Waals surface area contributed by atoms with E-state index in [0.717, 1.165) is 0 Å². The first kappa shape index (κ1) is 42.5. The quantitative estimate of drug-likeness (QED) is 0.148. The Morgan fingerprint density at radius 3 is 0.840 bits per heavy atom. The summed E-state index contributed by atoms with van der Waals surface area (Å²) in [7, 11) is 2.52. The second-order valence-corrected chi connectivity index (χ2v) is 11.0. The molecule has 0 amide bonds. The van der Waals surface area contributed by atoms with Gasteiger partial charge in [0, 0.05) is 0 Å². The van der Waals surface area contributed by atoms with Gasteiger partial charge in [0.1, 0.15) is 0 Å². The van der Waals surface area contributed by atoms with E-state index in [4.69, 9.17) is 18.9 Å². The molecule has 0 radical (unpaired) electrons. The lowest BCUT2D eigenvalue weighted by Crippen LogP contribution is -2.17. The topological polar surface area (TPSA) is 158 Å². The van der Waals surface area contributed by atoms with Crippen LogP contribution in [0.3, 0.4) is 0 Å². The lowest BCUT2D eigenvalue weighted by molar-refractivity contribution is 0.0412. The lowest BCUT2D eigenvalue weighted by Gasteiger charge is -2.11. The highest BCUT2D eigenvalue weighted by molar-refractivity contribution is 6.04. The van der Waals surface area contributed by atoms with Gasteiger partial charge in [0.25, 0.3) is 0 Å². The van der Waals surface area contributed by atoms with Crippen molar-refractivity contribution >= 4 is 35.8 Å². The molecule has 270 valence electrons. The Labute approximate surface area is 293 Å². The van der Waals surface area contributed by atoms with Crippen LogP contribution in [-0.4, -0.2) is 76.5 Å². The van der Waals surface area contributed by atoms with Crippen molar-refractivity contribution in [3.8, 4) is 0 Å². The van der Waals surface area contributed by atoms with Crippen molar-refractivity contribution in [1.82, 2.24) is 0 Å². The van der Waals surface area contributed by atoms with Crippen LogP contribution in [0.1, 0.15) is 104 Å². The number of methoxy groups -OCH3 is 2. The van der Waals surface area contributed by atoms with Gasteiger partial charge in [-0.15, -0.1) is 0 Å². The van der Waals surface area contributed by atoms with Gasteiger partial charge in [0.2, 0.25) is 0 Å². The van der Waals surface area contributed by atoms with Gasteiger partial charge in [0.15, 0.2) is 0 Å². The third-order valence-corrected chi connectivity index (χ3v) is 6.12. The van der Waals surface area contributed by atoms with Crippen molar-refractivity contribution in [1.29, 1.82) is 0 Å². The van der Waals surface area contributed by atoms with E-state index in [1.54, 1.807) is 74.5 Å². The minimum atomic E-state index is -0.550. The van der Waals surface area contributed by atoms with E-state index in [1.807, 2.05) is 27.7 Å². The number of ether oxygens (including phenoxy) is 6. The molecule has 0 aliphatic carbocycles. The Kier molecular flexibility index (Phi) is 19.5. The second-order valence-electron chi connectivity index (χ2n) is 11.0. The number of benzene rings is 3. The number of hydrogen-bond acceptors (Lipinski definition) is 12. The Morgan fingerprint density at radius 2 is 0.640 bits per heavy atom. The van der Waals surface area contributed by atoms with Crippen molar-refractivity contribution in [2.75, 3.05) is 40.6 Å². The molecule has 0 saturated heterocycles. The minimum absolute atomic E-state index is 0.210. The summed E-state index contributed by atoms with van der Waals surface area (Å²) in [5, 5.41) is 0. The van der Waals surface area contributed by atoms with Gasteiger partial charge >= 0.3 is 35.8 Å². The van der Waals surface area contributed by atoms with Crippen LogP contribution >= 0.6 is 0 Å². The van der Waals surface area contributed by atoms with E-state index in [0.29, 0.717) is 13.2 Å². The third-order valence-electron chi connectivity index (χ3n) is 6.12. The van der Waals surface area contributed by atoms with Crippen LogP contribution in [0, 0.1) is 11.8 Å². The number of hydrogen-bond donors (Lipinski definition) is 0. The van der Waals surface area contributed by atoms with E-state index >= 15 is 0 Å². The monoisotopic (exact) mass is 694 g/mol. The zero-order chi connectivity index (χ0) is 37.6. The summed E-state index contributed by atoms with van der Waals surface area (Å²) in [6.45, 7) is 12.4. The largest absolute Gasteiger partial charge is 0.465 e. The van der Waals surface area contributed by atoms with Gasteiger partial charge in [-0.3, -0.25) is 0 Å². The maximum absolute atomic E-state index is 12.0. The molecule has 3 aromatic carbocycles. The zero-order valence-electron chi connectivity index (χ0n) is 29.8. The molecular formula is C38H46O12. The highest BCUT2D eigenvalue weighted by Gasteiger charge is 2.20. The summed E-state index contributed by atoms with van der Waals surface area (Å²) in [5.41, 5.74) is 1.40. The van der Waals surface area contributed by atoms with Gasteiger partial charge in [0.05, 0.1) is 74.0 Å². The smallest absolute Gasteiger partial charge is 0.339 e. The molecule has 12 heteroatoms. The summed E-state index contributed by atoms with van der Waals surface area (Å²) < 4.78 is 29.1. The molecule has 12 nitrogen and oxygen atoms in total. The van der Waals surface area contributed by atoms with Gasteiger partial charge in [-0.1, -0.05) is 64.1 Å². The maximum atomic E-state index is 12.0. The molecule has 0 bridgehead atoms. The maximum Gasteiger partial charge on any atom is 0.339 e. The molecule has 0 aromatic heterocycles. The van der Waals surface area contributed by atoms with Gasteiger partial charge in [-0.2, -0.15) is 0 Å². The predicted molar refractivity (Wildman–Crippen MR) is 184 cm³/mol. The highest BCUT2D eigenvalue weighted by atomic mass is 16.6. The molecule has 0 heterocycles. The van der Waals surface area contributed by atoms with Gasteiger partial charge in [-0.25, -0.2) is 28.8 Å². The number of carbonyl (C=O) groups is 6. The molecule has 3 rings (SSSR count). The first-order valence-electron chi connectivity index (χ1n) is 15.9. The fourth-order valence-corrected chi connectivity index (χ4v) is 3.80. The Bertz CT molecular complexity index is 1460. The average molecular weight is 695 g/mol. The summed E-state index contributed by atoms with van der Waals surface area (Å²) >= 11 is 0. The van der Waals surface area contributed by atoms with Crippen molar-refractivity contribution in [3.05, 3.63) is 106 Å². The molecule has 50 heavy (non-hydrogen) atoms. The Balaban J connectivity index is 0.000000382. The first-order chi connectivity index (χ1) is 23.8. The third kappa shape index (κ3) is 14.3. The fourth-order valence-electron chi connectivity index (χ4n) is 3.80. The molecule has 0 fully saturated rings.